The summed E-state index contributed by atoms with van der Waals surface area (Å²) in [6, 6.07) is 31.7. The number of thiazole rings is 1. The molecule has 1 heterocycles. The maximum Gasteiger partial charge on any atom is 0.255 e. The molecule has 1 aromatic heterocycles. The van der Waals surface area contributed by atoms with E-state index in [0.717, 1.165) is 26.2 Å². The summed E-state index contributed by atoms with van der Waals surface area (Å²) in [4.78, 5) is 31.5. The van der Waals surface area contributed by atoms with E-state index in [1.807, 2.05) is 84.2 Å². The highest BCUT2D eigenvalue weighted by atomic mass is 79.9. The minimum absolute atomic E-state index is 0.166. The quantitative estimate of drug-likeness (QED) is 0.167. The first-order valence-electron chi connectivity index (χ1n) is 11.9. The molecule has 9 heteroatoms. The smallest absolute Gasteiger partial charge is 0.255 e. The van der Waals surface area contributed by atoms with Gasteiger partial charge in [-0.05, 0) is 60.2 Å². The van der Waals surface area contributed by atoms with Crippen molar-refractivity contribution in [2.45, 2.75) is 10.1 Å². The maximum absolute atomic E-state index is 13.5. The number of thioether (sulfide) groups is 1. The lowest BCUT2D eigenvalue weighted by atomic mass is 10.1. The van der Waals surface area contributed by atoms with Crippen LogP contribution in [0.2, 0.25) is 5.02 Å². The number of halogens is 2. The fourth-order valence-corrected chi connectivity index (χ4v) is 5.94. The van der Waals surface area contributed by atoms with Crippen molar-refractivity contribution in [3.05, 3.63) is 129 Å². The van der Waals surface area contributed by atoms with E-state index in [2.05, 4.69) is 31.5 Å². The van der Waals surface area contributed by atoms with Gasteiger partial charge in [0.15, 0.2) is 5.13 Å². The van der Waals surface area contributed by atoms with Crippen molar-refractivity contribution in [1.29, 1.82) is 0 Å². The van der Waals surface area contributed by atoms with Gasteiger partial charge in [-0.2, -0.15) is 0 Å². The molecule has 0 spiro atoms. The Hall–Kier alpha value is -3.43. The number of amides is 2. The second-order valence-electron chi connectivity index (χ2n) is 8.43. The van der Waals surface area contributed by atoms with Crippen molar-refractivity contribution < 1.29 is 9.59 Å². The summed E-state index contributed by atoms with van der Waals surface area (Å²) >= 11 is 12.3. The Bertz CT molecular complexity index is 1590. The van der Waals surface area contributed by atoms with E-state index < -0.39 is 5.25 Å². The van der Waals surface area contributed by atoms with Crippen LogP contribution in [-0.4, -0.2) is 16.8 Å². The number of hydrogen-bond acceptors (Lipinski definition) is 5. The highest BCUT2D eigenvalue weighted by Crippen LogP contribution is 2.37. The number of nitrogens with one attached hydrogen (secondary N) is 2. The lowest BCUT2D eigenvalue weighted by molar-refractivity contribution is -0.115. The van der Waals surface area contributed by atoms with Crippen molar-refractivity contribution >= 4 is 73.3 Å². The van der Waals surface area contributed by atoms with Crippen LogP contribution in [0.25, 0.3) is 11.3 Å². The molecule has 0 saturated carbocycles. The van der Waals surface area contributed by atoms with Gasteiger partial charge in [0, 0.05) is 36.6 Å². The molecule has 0 aliphatic heterocycles. The van der Waals surface area contributed by atoms with Crippen LogP contribution in [0.4, 0.5) is 10.8 Å². The van der Waals surface area contributed by atoms with Gasteiger partial charge in [-0.3, -0.25) is 9.59 Å². The normalized spacial score (nSPS) is 11.5. The SMILES string of the molecule is O=C(Nc1ccc(SC(C(=O)Nc2nc(-c3ccc(Br)cc3)cs2)c2ccccc2)cc1)c1cccc(Cl)c1. The van der Waals surface area contributed by atoms with Gasteiger partial charge < -0.3 is 10.6 Å². The van der Waals surface area contributed by atoms with E-state index in [1.54, 1.807) is 24.3 Å². The van der Waals surface area contributed by atoms with Crippen LogP contribution in [0.15, 0.2) is 118 Å². The Morgan fingerprint density at radius 3 is 2.33 bits per heavy atom. The van der Waals surface area contributed by atoms with Crippen LogP contribution >= 0.6 is 50.6 Å². The number of aromatic nitrogens is 1. The van der Waals surface area contributed by atoms with Gasteiger partial charge in [0.2, 0.25) is 5.91 Å². The van der Waals surface area contributed by atoms with Gasteiger partial charge in [-0.15, -0.1) is 23.1 Å². The van der Waals surface area contributed by atoms with Crippen LogP contribution < -0.4 is 10.6 Å². The molecule has 1 atom stereocenters. The fraction of sp³-hybridized carbons (Fsp3) is 0.0333. The number of carbonyl (C=O) groups excluding carboxylic acids is 2. The van der Waals surface area contributed by atoms with Crippen LogP contribution in [-0.2, 0) is 4.79 Å². The van der Waals surface area contributed by atoms with Gasteiger partial charge in [0.05, 0.1) is 5.69 Å². The van der Waals surface area contributed by atoms with E-state index >= 15 is 0 Å². The topological polar surface area (TPSA) is 71.1 Å². The summed E-state index contributed by atoms with van der Waals surface area (Å²) in [5, 5.41) is 8.34. The minimum Gasteiger partial charge on any atom is -0.322 e. The van der Waals surface area contributed by atoms with E-state index in [0.29, 0.717) is 21.4 Å². The summed E-state index contributed by atoms with van der Waals surface area (Å²) in [6.07, 6.45) is 0. The number of anilines is 2. The fourth-order valence-electron chi connectivity index (χ4n) is 3.74. The van der Waals surface area contributed by atoms with Crippen LogP contribution in [0, 0.1) is 0 Å². The van der Waals surface area contributed by atoms with Gasteiger partial charge in [-0.1, -0.05) is 76.1 Å². The van der Waals surface area contributed by atoms with Crippen molar-refractivity contribution in [3.8, 4) is 11.3 Å². The lowest BCUT2D eigenvalue weighted by Crippen LogP contribution is -2.19. The summed E-state index contributed by atoms with van der Waals surface area (Å²) < 4.78 is 0.995. The number of rotatable bonds is 8. The molecule has 5 nitrogen and oxygen atoms in total. The molecule has 2 N–H and O–H groups in total. The monoisotopic (exact) mass is 633 g/mol. The van der Waals surface area contributed by atoms with Crippen molar-refractivity contribution in [2.24, 2.45) is 0 Å². The van der Waals surface area contributed by atoms with Crippen LogP contribution in [0.1, 0.15) is 21.2 Å². The van der Waals surface area contributed by atoms with Crippen molar-refractivity contribution in [2.75, 3.05) is 10.6 Å². The molecule has 39 heavy (non-hydrogen) atoms. The summed E-state index contributed by atoms with van der Waals surface area (Å²) in [5.41, 5.74) is 3.79. The lowest BCUT2D eigenvalue weighted by Gasteiger charge is -2.16. The molecule has 0 bridgehead atoms. The molecule has 0 radical (unpaired) electrons. The summed E-state index contributed by atoms with van der Waals surface area (Å²) in [7, 11) is 0. The third kappa shape index (κ3) is 7.16. The molecule has 194 valence electrons. The first kappa shape index (κ1) is 27.1. The predicted molar refractivity (Wildman–Crippen MR) is 165 cm³/mol. The second-order valence-corrected chi connectivity index (χ2v) is 11.8. The zero-order valence-electron chi connectivity index (χ0n) is 20.3. The molecule has 0 fully saturated rings. The van der Waals surface area contributed by atoms with Gasteiger partial charge >= 0.3 is 0 Å². The average molecular weight is 635 g/mol. The molecule has 5 rings (SSSR count). The van der Waals surface area contributed by atoms with E-state index in [1.165, 1.54) is 23.1 Å². The van der Waals surface area contributed by atoms with E-state index in [-0.39, 0.29) is 11.8 Å². The highest BCUT2D eigenvalue weighted by Gasteiger charge is 2.23. The number of carbonyl (C=O) groups is 2. The second kappa shape index (κ2) is 12.6. The number of benzene rings is 4. The molecule has 0 aliphatic rings. The third-order valence-corrected chi connectivity index (χ3v) is 8.46. The Kier molecular flexibility index (Phi) is 8.78. The number of nitrogens with zero attached hydrogens (tertiary/aromatic N) is 1. The average Bonchev–Trinajstić information content (AvgIpc) is 3.41. The zero-order valence-corrected chi connectivity index (χ0v) is 24.3. The van der Waals surface area contributed by atoms with E-state index in [4.69, 9.17) is 11.6 Å². The number of hydrogen-bond donors (Lipinski definition) is 2. The van der Waals surface area contributed by atoms with E-state index in [9.17, 15) is 9.59 Å². The maximum atomic E-state index is 13.5. The van der Waals surface area contributed by atoms with Gasteiger partial charge in [-0.25, -0.2) is 4.98 Å². The molecule has 4 aromatic carbocycles. The predicted octanol–water partition coefficient (Wildman–Crippen LogP) is 8.95. The third-order valence-electron chi connectivity index (χ3n) is 5.67. The Balaban J connectivity index is 1.29. The Labute approximate surface area is 247 Å². The minimum atomic E-state index is -0.502. The molecule has 0 saturated heterocycles. The largest absolute Gasteiger partial charge is 0.322 e. The molecule has 5 aromatic rings. The first-order valence-corrected chi connectivity index (χ1v) is 14.8. The Morgan fingerprint density at radius 1 is 0.872 bits per heavy atom. The molecule has 0 aliphatic carbocycles. The molecular formula is C30H21BrClN3O2S2. The van der Waals surface area contributed by atoms with Gasteiger partial charge in [0.1, 0.15) is 5.25 Å². The zero-order chi connectivity index (χ0) is 27.2. The van der Waals surface area contributed by atoms with Crippen molar-refractivity contribution in [1.82, 2.24) is 4.98 Å². The standard InChI is InChI=1S/C30H21BrClN3O2S2/c31-22-11-9-19(10-12-22)26-18-38-30(34-26)35-29(37)27(20-5-2-1-3-6-20)39-25-15-13-24(14-16-25)33-28(36)21-7-4-8-23(32)17-21/h1-18,27H,(H,33,36)(H,34,35,37). The van der Waals surface area contributed by atoms with Gasteiger partial charge in [0.25, 0.3) is 5.91 Å². The van der Waals surface area contributed by atoms with Crippen LogP contribution in [0.5, 0.6) is 0 Å². The highest BCUT2D eigenvalue weighted by molar-refractivity contribution is 9.10. The molecule has 2 amide bonds. The Morgan fingerprint density at radius 2 is 1.62 bits per heavy atom. The molecular weight excluding hydrogens is 614 g/mol. The molecule has 1 unspecified atom stereocenters. The van der Waals surface area contributed by atoms with Crippen LogP contribution in [0.3, 0.4) is 0 Å². The summed E-state index contributed by atoms with van der Waals surface area (Å²) in [5.74, 6) is -0.411. The summed E-state index contributed by atoms with van der Waals surface area (Å²) in [6.45, 7) is 0. The first-order chi connectivity index (χ1) is 18.9. The van der Waals surface area contributed by atoms with Crippen molar-refractivity contribution in [3.63, 3.8) is 0 Å².